The van der Waals surface area contributed by atoms with E-state index in [9.17, 15) is 0 Å². The summed E-state index contributed by atoms with van der Waals surface area (Å²) in [5, 5.41) is 7.82. The average Bonchev–Trinajstić information content (AvgIpc) is 2.92. The molecule has 2 rings (SSSR count). The van der Waals surface area contributed by atoms with Gasteiger partial charge < -0.3 is 10.2 Å². The maximum Gasteiger partial charge on any atom is 0.0536 e. The van der Waals surface area contributed by atoms with Crippen molar-refractivity contribution < 1.29 is 0 Å². The molecule has 1 heterocycles. The van der Waals surface area contributed by atoms with Crippen LogP contribution in [-0.2, 0) is 13.1 Å². The van der Waals surface area contributed by atoms with Gasteiger partial charge in [-0.05, 0) is 26.9 Å². The molecule has 0 amide bonds. The standard InChI is InChI=1S/C11H20N4/c1-14(2)5-6-15-9-10(8-13-15)7-12-11-3-4-11/h8-9,11-12H,3-7H2,1-2H3. The second kappa shape index (κ2) is 4.77. The molecule has 0 saturated heterocycles. The lowest BCUT2D eigenvalue weighted by atomic mass is 10.3. The third-order valence-corrected chi connectivity index (χ3v) is 2.64. The van der Waals surface area contributed by atoms with Crippen molar-refractivity contribution in [1.82, 2.24) is 20.0 Å². The predicted molar refractivity (Wildman–Crippen MR) is 60.6 cm³/mol. The summed E-state index contributed by atoms with van der Waals surface area (Å²) in [6, 6.07) is 0.773. The van der Waals surface area contributed by atoms with Gasteiger partial charge in [0, 0.05) is 30.9 Å². The van der Waals surface area contributed by atoms with Crippen LogP contribution in [0.1, 0.15) is 18.4 Å². The first-order chi connectivity index (χ1) is 7.24. The second-order valence-corrected chi connectivity index (χ2v) is 4.57. The van der Waals surface area contributed by atoms with Crippen molar-refractivity contribution in [3.63, 3.8) is 0 Å². The van der Waals surface area contributed by atoms with Crippen LogP contribution in [0.4, 0.5) is 0 Å². The Balaban J connectivity index is 1.75. The minimum Gasteiger partial charge on any atom is -0.310 e. The van der Waals surface area contributed by atoms with E-state index >= 15 is 0 Å². The molecule has 0 radical (unpaired) electrons. The predicted octanol–water partition coefficient (Wildman–Crippen LogP) is 0.697. The molecule has 0 atom stereocenters. The zero-order valence-electron chi connectivity index (χ0n) is 9.61. The Hall–Kier alpha value is -0.870. The van der Waals surface area contributed by atoms with Crippen LogP contribution in [0.2, 0.25) is 0 Å². The molecule has 15 heavy (non-hydrogen) atoms. The van der Waals surface area contributed by atoms with Gasteiger partial charge in [-0.25, -0.2) is 0 Å². The minimum atomic E-state index is 0.773. The summed E-state index contributed by atoms with van der Waals surface area (Å²) in [6.07, 6.45) is 6.79. The minimum absolute atomic E-state index is 0.773. The molecule has 4 heteroatoms. The summed E-state index contributed by atoms with van der Waals surface area (Å²) in [5.41, 5.74) is 1.29. The van der Waals surface area contributed by atoms with E-state index in [1.165, 1.54) is 18.4 Å². The molecule has 0 aromatic carbocycles. The Kier molecular flexibility index (Phi) is 3.38. The van der Waals surface area contributed by atoms with Crippen molar-refractivity contribution in [2.45, 2.75) is 32.0 Å². The fourth-order valence-electron chi connectivity index (χ4n) is 1.47. The van der Waals surface area contributed by atoms with Gasteiger partial charge in [0.1, 0.15) is 0 Å². The van der Waals surface area contributed by atoms with E-state index in [2.05, 4.69) is 35.6 Å². The zero-order valence-corrected chi connectivity index (χ0v) is 9.61. The molecule has 1 saturated carbocycles. The first-order valence-electron chi connectivity index (χ1n) is 5.63. The van der Waals surface area contributed by atoms with Crippen molar-refractivity contribution in [1.29, 1.82) is 0 Å². The molecule has 0 spiro atoms. The van der Waals surface area contributed by atoms with E-state index in [1.807, 2.05) is 10.9 Å². The normalized spacial score (nSPS) is 16.2. The number of aromatic nitrogens is 2. The van der Waals surface area contributed by atoms with E-state index in [1.54, 1.807) is 0 Å². The molecule has 4 nitrogen and oxygen atoms in total. The van der Waals surface area contributed by atoms with Crippen LogP contribution >= 0.6 is 0 Å². The van der Waals surface area contributed by atoms with E-state index in [4.69, 9.17) is 0 Å². The summed E-state index contributed by atoms with van der Waals surface area (Å²) in [6.45, 7) is 2.97. The smallest absolute Gasteiger partial charge is 0.0536 e. The van der Waals surface area contributed by atoms with E-state index in [0.717, 1.165) is 25.7 Å². The lowest BCUT2D eigenvalue weighted by molar-refractivity contribution is 0.373. The summed E-state index contributed by atoms with van der Waals surface area (Å²) in [7, 11) is 4.16. The van der Waals surface area contributed by atoms with Crippen molar-refractivity contribution in [2.75, 3.05) is 20.6 Å². The van der Waals surface area contributed by atoms with Crippen LogP contribution < -0.4 is 5.32 Å². The van der Waals surface area contributed by atoms with Gasteiger partial charge in [-0.2, -0.15) is 5.10 Å². The Morgan fingerprint density at radius 1 is 1.53 bits per heavy atom. The van der Waals surface area contributed by atoms with Crippen LogP contribution in [0.25, 0.3) is 0 Å². The highest BCUT2D eigenvalue weighted by Crippen LogP contribution is 2.19. The lowest BCUT2D eigenvalue weighted by Gasteiger charge is -2.08. The zero-order chi connectivity index (χ0) is 10.7. The molecular weight excluding hydrogens is 188 g/mol. The highest BCUT2D eigenvalue weighted by molar-refractivity contribution is 5.04. The maximum atomic E-state index is 4.34. The fourth-order valence-corrected chi connectivity index (χ4v) is 1.47. The van der Waals surface area contributed by atoms with Gasteiger partial charge in [0.25, 0.3) is 0 Å². The maximum absolute atomic E-state index is 4.34. The van der Waals surface area contributed by atoms with Gasteiger partial charge in [-0.1, -0.05) is 0 Å². The van der Waals surface area contributed by atoms with Crippen molar-refractivity contribution in [2.24, 2.45) is 0 Å². The van der Waals surface area contributed by atoms with Crippen LogP contribution in [0.5, 0.6) is 0 Å². The number of nitrogens with zero attached hydrogens (tertiary/aromatic N) is 3. The summed E-state index contributed by atoms with van der Waals surface area (Å²) in [4.78, 5) is 2.17. The van der Waals surface area contributed by atoms with Gasteiger partial charge in [-0.15, -0.1) is 0 Å². The molecular formula is C11H20N4. The molecule has 0 unspecified atom stereocenters. The average molecular weight is 208 g/mol. The van der Waals surface area contributed by atoms with Crippen molar-refractivity contribution in [3.8, 4) is 0 Å². The Bertz CT molecular complexity index is 281. The van der Waals surface area contributed by atoms with Gasteiger partial charge in [-0.3, -0.25) is 4.68 Å². The van der Waals surface area contributed by atoms with Gasteiger partial charge in [0.2, 0.25) is 0 Å². The van der Waals surface area contributed by atoms with Gasteiger partial charge in [0.15, 0.2) is 0 Å². The molecule has 1 aliphatic rings. The Labute approximate surface area is 91.3 Å². The van der Waals surface area contributed by atoms with Crippen LogP contribution in [0, 0.1) is 0 Å². The first kappa shape index (κ1) is 10.6. The Morgan fingerprint density at radius 3 is 3.00 bits per heavy atom. The number of rotatable bonds is 6. The Morgan fingerprint density at radius 2 is 2.33 bits per heavy atom. The molecule has 1 aromatic heterocycles. The molecule has 1 N–H and O–H groups in total. The molecule has 1 aliphatic carbocycles. The summed E-state index contributed by atoms with van der Waals surface area (Å²) >= 11 is 0. The largest absolute Gasteiger partial charge is 0.310 e. The summed E-state index contributed by atoms with van der Waals surface area (Å²) < 4.78 is 2.02. The van der Waals surface area contributed by atoms with Gasteiger partial charge in [0.05, 0.1) is 12.7 Å². The quantitative estimate of drug-likeness (QED) is 0.747. The number of nitrogens with one attached hydrogen (secondary N) is 1. The topological polar surface area (TPSA) is 33.1 Å². The van der Waals surface area contributed by atoms with Crippen molar-refractivity contribution in [3.05, 3.63) is 18.0 Å². The first-order valence-corrected chi connectivity index (χ1v) is 5.63. The third-order valence-electron chi connectivity index (χ3n) is 2.64. The lowest BCUT2D eigenvalue weighted by Crippen LogP contribution is -2.18. The molecule has 0 aliphatic heterocycles. The summed E-state index contributed by atoms with van der Waals surface area (Å²) in [5.74, 6) is 0. The van der Waals surface area contributed by atoms with Crippen LogP contribution in [-0.4, -0.2) is 41.4 Å². The number of hydrogen-bond donors (Lipinski definition) is 1. The van der Waals surface area contributed by atoms with Crippen molar-refractivity contribution >= 4 is 0 Å². The molecule has 1 aromatic rings. The fraction of sp³-hybridized carbons (Fsp3) is 0.727. The van der Waals surface area contributed by atoms with E-state index in [-0.39, 0.29) is 0 Å². The van der Waals surface area contributed by atoms with Crippen LogP contribution in [0.3, 0.4) is 0 Å². The monoisotopic (exact) mass is 208 g/mol. The highest BCUT2D eigenvalue weighted by atomic mass is 15.3. The second-order valence-electron chi connectivity index (χ2n) is 4.57. The van der Waals surface area contributed by atoms with E-state index < -0.39 is 0 Å². The van der Waals surface area contributed by atoms with Gasteiger partial charge >= 0.3 is 0 Å². The third kappa shape index (κ3) is 3.64. The number of hydrogen-bond acceptors (Lipinski definition) is 3. The molecule has 1 fully saturated rings. The van der Waals surface area contributed by atoms with Crippen LogP contribution in [0.15, 0.2) is 12.4 Å². The molecule has 84 valence electrons. The molecule has 0 bridgehead atoms. The SMILES string of the molecule is CN(C)CCn1cc(CNC2CC2)cn1. The number of likely N-dealkylation sites (N-methyl/N-ethyl adjacent to an activating group) is 1. The van der Waals surface area contributed by atoms with E-state index in [0.29, 0.717) is 0 Å². The highest BCUT2D eigenvalue weighted by Gasteiger charge is 2.20.